The van der Waals surface area contributed by atoms with E-state index in [1.807, 2.05) is 0 Å². The van der Waals surface area contributed by atoms with Crippen LogP contribution in [0.5, 0.6) is 0 Å². The number of nitrogens with zero attached hydrogens (tertiary/aromatic N) is 2. The Labute approximate surface area is 173 Å². The Balaban J connectivity index is 1.67. The van der Waals surface area contributed by atoms with Gasteiger partial charge in [0.25, 0.3) is 0 Å². The van der Waals surface area contributed by atoms with E-state index in [2.05, 4.69) is 121 Å². The van der Waals surface area contributed by atoms with Gasteiger partial charge in [-0.25, -0.2) is 0 Å². The molecule has 0 radical (unpaired) electrons. The predicted octanol–water partition coefficient (Wildman–Crippen LogP) is 5.22. The molecular formula is C27H28N2+2. The highest BCUT2D eigenvalue weighted by Crippen LogP contribution is 2.22. The van der Waals surface area contributed by atoms with Crippen molar-refractivity contribution >= 4 is 0 Å². The second-order valence-corrected chi connectivity index (χ2v) is 7.69. The van der Waals surface area contributed by atoms with Gasteiger partial charge in [0.05, 0.1) is 0 Å². The summed E-state index contributed by atoms with van der Waals surface area (Å²) in [6, 6.07) is 28.2. The highest BCUT2D eigenvalue weighted by molar-refractivity contribution is 5.62. The number of aryl methyl sites for hydroxylation is 5. The van der Waals surface area contributed by atoms with Crippen molar-refractivity contribution in [1.82, 2.24) is 0 Å². The maximum absolute atomic E-state index is 2.36. The second kappa shape index (κ2) is 8.40. The van der Waals surface area contributed by atoms with Crippen LogP contribution in [0.25, 0.3) is 22.5 Å². The molecule has 2 aromatic heterocycles. The highest BCUT2D eigenvalue weighted by atomic mass is 15.0. The lowest BCUT2D eigenvalue weighted by atomic mass is 10.0. The summed E-state index contributed by atoms with van der Waals surface area (Å²) in [5.74, 6) is 0. The number of rotatable bonds is 5. The second-order valence-electron chi connectivity index (χ2n) is 7.69. The Hall–Kier alpha value is -3.26. The largest absolute Gasteiger partial charge is 0.212 e. The summed E-state index contributed by atoms with van der Waals surface area (Å²) < 4.78 is 4.72. The fourth-order valence-corrected chi connectivity index (χ4v) is 3.92. The summed E-state index contributed by atoms with van der Waals surface area (Å²) in [5, 5.41) is 0. The molecule has 2 heterocycles. The molecule has 0 unspecified atom stereocenters. The topological polar surface area (TPSA) is 7.76 Å². The maximum Gasteiger partial charge on any atom is 0.212 e. The Morgan fingerprint density at radius 3 is 1.76 bits per heavy atom. The van der Waals surface area contributed by atoms with Crippen molar-refractivity contribution in [3.8, 4) is 22.5 Å². The van der Waals surface area contributed by atoms with Gasteiger partial charge >= 0.3 is 0 Å². The molecule has 0 spiro atoms. The fraction of sp³-hybridized carbons (Fsp3) is 0.185. The van der Waals surface area contributed by atoms with Gasteiger partial charge in [-0.05, 0) is 56.2 Å². The van der Waals surface area contributed by atoms with Crippen LogP contribution in [0.15, 0.2) is 91.3 Å². The van der Waals surface area contributed by atoms with Crippen LogP contribution < -0.4 is 9.13 Å². The first kappa shape index (κ1) is 19.1. The molecule has 0 fully saturated rings. The zero-order valence-electron chi connectivity index (χ0n) is 17.5. The van der Waals surface area contributed by atoms with Crippen LogP contribution in [-0.2, 0) is 13.1 Å². The van der Waals surface area contributed by atoms with Gasteiger partial charge in [-0.3, -0.25) is 0 Å². The van der Waals surface area contributed by atoms with Crippen LogP contribution in [-0.4, -0.2) is 0 Å². The van der Waals surface area contributed by atoms with Crippen molar-refractivity contribution in [1.29, 1.82) is 0 Å². The van der Waals surface area contributed by atoms with Crippen molar-refractivity contribution in [2.45, 2.75) is 33.9 Å². The Kier molecular flexibility index (Phi) is 5.53. The number of hydrogen-bond acceptors (Lipinski definition) is 0. The molecule has 144 valence electrons. The molecule has 4 aromatic rings. The molecule has 29 heavy (non-hydrogen) atoms. The van der Waals surface area contributed by atoms with E-state index in [0.717, 1.165) is 13.1 Å². The van der Waals surface area contributed by atoms with Gasteiger partial charge in [0.2, 0.25) is 24.5 Å². The Bertz CT molecular complexity index is 1140. The van der Waals surface area contributed by atoms with Crippen molar-refractivity contribution < 1.29 is 9.13 Å². The average Bonchev–Trinajstić information content (AvgIpc) is 2.75. The van der Waals surface area contributed by atoms with Crippen molar-refractivity contribution in [3.05, 3.63) is 108 Å². The highest BCUT2D eigenvalue weighted by Gasteiger charge is 2.19. The number of pyridine rings is 2. The normalized spacial score (nSPS) is 10.9. The van der Waals surface area contributed by atoms with Gasteiger partial charge in [-0.1, -0.05) is 35.9 Å². The number of hydrogen-bond donors (Lipinski definition) is 0. The van der Waals surface area contributed by atoms with E-state index in [-0.39, 0.29) is 0 Å². The molecule has 0 amide bonds. The van der Waals surface area contributed by atoms with E-state index in [1.165, 1.54) is 39.2 Å². The molecule has 2 nitrogen and oxygen atoms in total. The predicted molar refractivity (Wildman–Crippen MR) is 118 cm³/mol. The number of benzene rings is 2. The quantitative estimate of drug-likeness (QED) is 0.419. The lowest BCUT2D eigenvalue weighted by Gasteiger charge is -2.08. The smallest absolute Gasteiger partial charge is 0.192 e. The van der Waals surface area contributed by atoms with Gasteiger partial charge in [0, 0.05) is 35.4 Å². The minimum absolute atomic E-state index is 0.914. The molecule has 2 heteroatoms. The number of aromatic nitrogens is 2. The van der Waals surface area contributed by atoms with Gasteiger partial charge < -0.3 is 0 Å². The minimum atomic E-state index is 0.914. The van der Waals surface area contributed by atoms with Crippen molar-refractivity contribution in [2.24, 2.45) is 0 Å². The standard InChI is InChI=1S/C27H28N2/c1-21-14-15-23(3)25(20-21)27-13-7-9-17-29(27)19-18-28-16-8-6-12-26(28)24-11-5-4-10-22(24)2/h4-17,20H,18-19H2,1-3H3/q+2. The van der Waals surface area contributed by atoms with Crippen molar-refractivity contribution in [2.75, 3.05) is 0 Å². The lowest BCUT2D eigenvalue weighted by Crippen LogP contribution is -2.46. The average molecular weight is 381 g/mol. The van der Waals surface area contributed by atoms with Gasteiger partial charge in [-0.2, -0.15) is 9.13 Å². The first-order valence-corrected chi connectivity index (χ1v) is 10.2. The molecule has 4 rings (SSSR count). The summed E-state index contributed by atoms with van der Waals surface area (Å²) in [4.78, 5) is 0. The maximum atomic E-state index is 2.36. The van der Waals surface area contributed by atoms with Crippen LogP contribution >= 0.6 is 0 Å². The van der Waals surface area contributed by atoms with E-state index in [4.69, 9.17) is 0 Å². The summed E-state index contributed by atoms with van der Waals surface area (Å²) in [7, 11) is 0. The summed E-state index contributed by atoms with van der Waals surface area (Å²) >= 11 is 0. The van der Waals surface area contributed by atoms with Crippen molar-refractivity contribution in [3.63, 3.8) is 0 Å². The third-order valence-corrected chi connectivity index (χ3v) is 5.55. The van der Waals surface area contributed by atoms with E-state index in [0.29, 0.717) is 0 Å². The van der Waals surface area contributed by atoms with Crippen LogP contribution in [0.1, 0.15) is 16.7 Å². The summed E-state index contributed by atoms with van der Waals surface area (Å²) in [6.07, 6.45) is 4.37. The zero-order valence-corrected chi connectivity index (χ0v) is 17.5. The van der Waals surface area contributed by atoms with E-state index < -0.39 is 0 Å². The summed E-state index contributed by atoms with van der Waals surface area (Å²) in [5.41, 5.74) is 9.03. The van der Waals surface area contributed by atoms with Gasteiger partial charge in [-0.15, -0.1) is 0 Å². The molecule has 0 atom stereocenters. The van der Waals surface area contributed by atoms with E-state index in [9.17, 15) is 0 Å². The molecule has 0 bridgehead atoms. The Morgan fingerprint density at radius 2 is 1.10 bits per heavy atom. The Morgan fingerprint density at radius 1 is 0.552 bits per heavy atom. The van der Waals surface area contributed by atoms with Crippen LogP contribution in [0.3, 0.4) is 0 Å². The third kappa shape index (κ3) is 4.12. The zero-order chi connectivity index (χ0) is 20.2. The fourth-order valence-electron chi connectivity index (χ4n) is 3.92. The molecule has 0 saturated heterocycles. The molecule has 2 aromatic carbocycles. The van der Waals surface area contributed by atoms with Gasteiger partial charge in [0.1, 0.15) is 0 Å². The molecule has 0 N–H and O–H groups in total. The molecule has 0 saturated carbocycles. The molecular weight excluding hydrogens is 352 g/mol. The first-order chi connectivity index (χ1) is 14.1. The van der Waals surface area contributed by atoms with E-state index >= 15 is 0 Å². The van der Waals surface area contributed by atoms with Crippen LogP contribution in [0.4, 0.5) is 0 Å². The third-order valence-electron chi connectivity index (χ3n) is 5.55. The molecule has 0 aliphatic heterocycles. The minimum Gasteiger partial charge on any atom is -0.192 e. The van der Waals surface area contributed by atoms with E-state index in [1.54, 1.807) is 0 Å². The van der Waals surface area contributed by atoms with Crippen LogP contribution in [0.2, 0.25) is 0 Å². The SMILES string of the molecule is Cc1ccc(C)c(-c2cccc[n+]2CC[n+]2ccccc2-c2ccccc2C)c1. The molecule has 0 aliphatic rings. The monoisotopic (exact) mass is 380 g/mol. The molecule has 0 aliphatic carbocycles. The summed E-state index contributed by atoms with van der Waals surface area (Å²) in [6.45, 7) is 8.35. The lowest BCUT2D eigenvalue weighted by molar-refractivity contribution is -0.768. The van der Waals surface area contributed by atoms with Gasteiger partial charge in [0.15, 0.2) is 12.4 Å². The van der Waals surface area contributed by atoms with Crippen LogP contribution in [0, 0.1) is 20.8 Å². The first-order valence-electron chi connectivity index (χ1n) is 10.2.